The molecule has 5 aliphatic rings. The van der Waals surface area contributed by atoms with Gasteiger partial charge in [0, 0.05) is 0 Å². The topological polar surface area (TPSA) is 89.5 Å². The zero-order valence-corrected chi connectivity index (χ0v) is 9.99. The molecular formula is C12H8O8. The van der Waals surface area contributed by atoms with Gasteiger partial charge in [-0.25, -0.2) is 9.59 Å². The molecule has 4 unspecified atom stereocenters. The Morgan fingerprint density at radius 1 is 0.850 bits per heavy atom. The van der Waals surface area contributed by atoms with E-state index in [4.69, 9.17) is 28.4 Å². The van der Waals surface area contributed by atoms with Crippen molar-refractivity contribution in [3.8, 4) is 0 Å². The zero-order valence-electron chi connectivity index (χ0n) is 9.99. The lowest BCUT2D eigenvalue weighted by Crippen LogP contribution is -2.64. The predicted molar refractivity (Wildman–Crippen MR) is 55.5 cm³/mol. The molecule has 0 N–H and O–H groups in total. The summed E-state index contributed by atoms with van der Waals surface area (Å²) in [6.07, 6.45) is 0.851. The van der Waals surface area contributed by atoms with Crippen LogP contribution < -0.4 is 0 Å². The van der Waals surface area contributed by atoms with Gasteiger partial charge in [-0.1, -0.05) is 0 Å². The standard InChI is InChI=1S/C12H8O8/c13-9-7-11(5(17-9)1-3-15-11)19-8-10(14)18-6-2-4-16-12(6,8)20-7/h1-2,7-8H,3-4H2. The molecule has 3 fully saturated rings. The van der Waals surface area contributed by atoms with E-state index in [2.05, 4.69) is 0 Å². The fourth-order valence-corrected chi connectivity index (χ4v) is 3.09. The Balaban J connectivity index is 1.66. The van der Waals surface area contributed by atoms with Gasteiger partial charge in [-0.3, -0.25) is 0 Å². The molecule has 2 spiro atoms. The summed E-state index contributed by atoms with van der Waals surface area (Å²) in [5.41, 5.74) is 0. The number of ether oxygens (including phenoxy) is 6. The maximum atomic E-state index is 11.9. The maximum absolute atomic E-state index is 11.9. The SMILES string of the molecule is O=C1OC2=CCOC23OC2C(=O)OC4=CCOC42OC13. The Morgan fingerprint density at radius 3 is 1.75 bits per heavy atom. The highest BCUT2D eigenvalue weighted by molar-refractivity contribution is 5.85. The van der Waals surface area contributed by atoms with E-state index < -0.39 is 35.7 Å². The van der Waals surface area contributed by atoms with Crippen molar-refractivity contribution in [1.82, 2.24) is 0 Å². The zero-order chi connectivity index (χ0) is 13.5. The highest BCUT2D eigenvalue weighted by atomic mass is 16.8. The van der Waals surface area contributed by atoms with E-state index in [0.29, 0.717) is 0 Å². The first-order valence-corrected chi connectivity index (χ1v) is 6.14. The molecule has 0 aromatic rings. The molecule has 0 aliphatic carbocycles. The van der Waals surface area contributed by atoms with Crippen molar-refractivity contribution in [3.05, 3.63) is 23.7 Å². The molecule has 8 nitrogen and oxygen atoms in total. The molecule has 0 aromatic heterocycles. The van der Waals surface area contributed by atoms with Gasteiger partial charge in [-0.15, -0.1) is 0 Å². The van der Waals surface area contributed by atoms with Crippen molar-refractivity contribution >= 4 is 11.9 Å². The van der Waals surface area contributed by atoms with Crippen LogP contribution in [0.4, 0.5) is 0 Å². The molecule has 20 heavy (non-hydrogen) atoms. The van der Waals surface area contributed by atoms with E-state index in [0.717, 1.165) is 0 Å². The number of carbonyl (C=O) groups is 2. The largest absolute Gasteiger partial charge is 0.423 e. The number of esters is 2. The average molecular weight is 280 g/mol. The highest BCUT2D eigenvalue weighted by Gasteiger charge is 2.75. The molecule has 0 amide bonds. The summed E-state index contributed by atoms with van der Waals surface area (Å²) in [7, 11) is 0. The molecule has 8 heteroatoms. The minimum atomic E-state index is -1.51. The third-order valence-electron chi connectivity index (χ3n) is 3.95. The minimum Gasteiger partial charge on any atom is -0.423 e. The van der Waals surface area contributed by atoms with Crippen LogP contribution in [-0.4, -0.2) is 48.9 Å². The first-order valence-electron chi connectivity index (χ1n) is 6.14. The summed E-state index contributed by atoms with van der Waals surface area (Å²) < 4.78 is 32.6. The number of rotatable bonds is 0. The molecule has 0 radical (unpaired) electrons. The first-order chi connectivity index (χ1) is 9.66. The molecule has 5 rings (SSSR count). The summed E-state index contributed by atoms with van der Waals surface area (Å²) in [6.45, 7) is 0.418. The smallest absolute Gasteiger partial charge is 0.346 e. The van der Waals surface area contributed by atoms with Crippen molar-refractivity contribution < 1.29 is 38.0 Å². The fourth-order valence-electron chi connectivity index (χ4n) is 3.09. The van der Waals surface area contributed by atoms with Gasteiger partial charge >= 0.3 is 11.9 Å². The van der Waals surface area contributed by atoms with Crippen LogP contribution in [0.2, 0.25) is 0 Å². The summed E-state index contributed by atoms with van der Waals surface area (Å²) >= 11 is 0. The van der Waals surface area contributed by atoms with Gasteiger partial charge < -0.3 is 28.4 Å². The van der Waals surface area contributed by atoms with Gasteiger partial charge in [0.2, 0.25) is 12.2 Å². The van der Waals surface area contributed by atoms with E-state index in [9.17, 15) is 9.59 Å². The van der Waals surface area contributed by atoms with E-state index in [1.54, 1.807) is 12.2 Å². The van der Waals surface area contributed by atoms with E-state index >= 15 is 0 Å². The molecular weight excluding hydrogens is 272 g/mol. The summed E-state index contributed by atoms with van der Waals surface area (Å²) in [4.78, 5) is 23.8. The van der Waals surface area contributed by atoms with Gasteiger partial charge in [0.05, 0.1) is 13.2 Å². The Kier molecular flexibility index (Phi) is 1.71. The van der Waals surface area contributed by atoms with Crippen molar-refractivity contribution in [1.29, 1.82) is 0 Å². The quantitative estimate of drug-likeness (QED) is 0.528. The fraction of sp³-hybridized carbons (Fsp3) is 0.500. The van der Waals surface area contributed by atoms with Crippen molar-refractivity contribution in [2.24, 2.45) is 0 Å². The van der Waals surface area contributed by atoms with Gasteiger partial charge in [-0.2, -0.15) is 0 Å². The molecule has 4 atom stereocenters. The second-order valence-corrected chi connectivity index (χ2v) is 4.93. The van der Waals surface area contributed by atoms with Crippen molar-refractivity contribution in [3.63, 3.8) is 0 Å². The Hall–Kier alpha value is -1.74. The Labute approximate surface area is 111 Å². The third-order valence-corrected chi connectivity index (χ3v) is 3.95. The second-order valence-electron chi connectivity index (χ2n) is 4.93. The van der Waals surface area contributed by atoms with Gasteiger partial charge in [0.1, 0.15) is 0 Å². The third kappa shape index (κ3) is 0.977. The van der Waals surface area contributed by atoms with Gasteiger partial charge in [0.25, 0.3) is 11.6 Å². The average Bonchev–Trinajstić information content (AvgIpc) is 3.08. The number of hydrogen-bond donors (Lipinski definition) is 0. The van der Waals surface area contributed by atoms with Crippen LogP contribution in [0.1, 0.15) is 0 Å². The normalized spacial score (nSPS) is 47.8. The lowest BCUT2D eigenvalue weighted by molar-refractivity contribution is -0.380. The van der Waals surface area contributed by atoms with Crippen LogP contribution in [0.15, 0.2) is 23.7 Å². The van der Waals surface area contributed by atoms with Crippen molar-refractivity contribution in [2.45, 2.75) is 23.8 Å². The van der Waals surface area contributed by atoms with E-state index in [1.807, 2.05) is 0 Å². The summed E-state index contributed by atoms with van der Waals surface area (Å²) in [5.74, 6) is -3.87. The van der Waals surface area contributed by atoms with Crippen LogP contribution in [0.25, 0.3) is 0 Å². The predicted octanol–water partition coefficient (Wildman–Crippen LogP) is -0.895. The lowest BCUT2D eigenvalue weighted by Gasteiger charge is -2.42. The minimum absolute atomic E-state index is 0.209. The van der Waals surface area contributed by atoms with Crippen LogP contribution in [0.3, 0.4) is 0 Å². The first kappa shape index (κ1) is 11.0. The lowest BCUT2D eigenvalue weighted by atomic mass is 10.0. The Morgan fingerprint density at radius 2 is 1.30 bits per heavy atom. The van der Waals surface area contributed by atoms with Crippen LogP contribution in [0.5, 0.6) is 0 Å². The second kappa shape index (κ2) is 3.12. The Bertz CT molecular complexity index is 567. The highest BCUT2D eigenvalue weighted by Crippen LogP contribution is 2.53. The molecule has 0 bridgehead atoms. The number of carbonyl (C=O) groups excluding carboxylic acids is 2. The van der Waals surface area contributed by atoms with Crippen molar-refractivity contribution in [2.75, 3.05) is 13.2 Å². The van der Waals surface area contributed by atoms with Crippen LogP contribution in [-0.2, 0) is 38.0 Å². The number of hydrogen-bond acceptors (Lipinski definition) is 8. The van der Waals surface area contributed by atoms with E-state index in [1.165, 1.54) is 0 Å². The molecule has 3 saturated heterocycles. The van der Waals surface area contributed by atoms with Gasteiger partial charge in [0.15, 0.2) is 11.5 Å². The van der Waals surface area contributed by atoms with Crippen LogP contribution >= 0.6 is 0 Å². The summed E-state index contributed by atoms with van der Waals surface area (Å²) in [6, 6.07) is 0. The molecule has 5 heterocycles. The summed E-state index contributed by atoms with van der Waals surface area (Å²) in [5, 5.41) is 0. The molecule has 5 aliphatic heterocycles. The molecule has 0 saturated carbocycles. The van der Waals surface area contributed by atoms with Gasteiger partial charge in [-0.05, 0) is 12.2 Å². The molecule has 104 valence electrons. The van der Waals surface area contributed by atoms with E-state index in [-0.39, 0.29) is 24.7 Å². The monoisotopic (exact) mass is 280 g/mol. The molecule has 0 aromatic carbocycles. The maximum Gasteiger partial charge on any atom is 0.346 e. The van der Waals surface area contributed by atoms with Crippen LogP contribution in [0, 0.1) is 0 Å².